The highest BCUT2D eigenvalue weighted by Gasteiger charge is 2.46. The summed E-state index contributed by atoms with van der Waals surface area (Å²) in [6.07, 6.45) is 5.16. The average Bonchev–Trinajstić information content (AvgIpc) is 3.14. The molecular formula is C28H27FN2O5. The second-order valence-electron chi connectivity index (χ2n) is 8.41. The predicted molar refractivity (Wildman–Crippen MR) is 132 cm³/mol. The van der Waals surface area contributed by atoms with Crippen molar-refractivity contribution in [1.82, 2.24) is 9.88 Å². The summed E-state index contributed by atoms with van der Waals surface area (Å²) in [6.45, 7) is 2.76. The minimum absolute atomic E-state index is 0.00112. The molecule has 3 aromatic rings. The maximum Gasteiger partial charge on any atom is 0.295 e. The zero-order valence-corrected chi connectivity index (χ0v) is 20.1. The fourth-order valence-corrected chi connectivity index (χ4v) is 4.13. The summed E-state index contributed by atoms with van der Waals surface area (Å²) in [7, 11) is 1.33. The number of amides is 1. The number of nitrogens with zero attached hydrogens (tertiary/aromatic N) is 2. The van der Waals surface area contributed by atoms with E-state index in [1.165, 1.54) is 24.1 Å². The van der Waals surface area contributed by atoms with Crippen LogP contribution in [0.5, 0.6) is 11.5 Å². The molecule has 0 radical (unpaired) electrons. The fourth-order valence-electron chi connectivity index (χ4n) is 4.13. The average molecular weight is 491 g/mol. The Morgan fingerprint density at radius 1 is 1.14 bits per heavy atom. The largest absolute Gasteiger partial charge is 0.507 e. The standard InChI is InChI=1S/C28H27FN2O5/c1-3-4-14-36-21-10-7-19(8-11-21)25-24(26(32)20-9-12-23(35-2)22(29)15-20)27(33)28(34)31(25)17-18-6-5-13-30-16-18/h5-13,15-16,25,32H,3-4,14,17H2,1-2H3/b26-24-. The number of aliphatic hydroxyl groups excluding tert-OH is 1. The highest BCUT2D eigenvalue weighted by atomic mass is 19.1. The van der Waals surface area contributed by atoms with Gasteiger partial charge in [0.25, 0.3) is 11.7 Å². The Balaban J connectivity index is 1.78. The molecule has 0 bridgehead atoms. The van der Waals surface area contributed by atoms with E-state index in [4.69, 9.17) is 9.47 Å². The maximum atomic E-state index is 14.4. The summed E-state index contributed by atoms with van der Waals surface area (Å²) in [5.41, 5.74) is 1.28. The van der Waals surface area contributed by atoms with E-state index < -0.39 is 29.3 Å². The van der Waals surface area contributed by atoms with Crippen molar-refractivity contribution in [1.29, 1.82) is 0 Å². The fraction of sp³-hybridized carbons (Fsp3) is 0.250. The van der Waals surface area contributed by atoms with E-state index in [-0.39, 0.29) is 23.4 Å². The molecule has 1 aromatic heterocycles. The molecule has 1 saturated heterocycles. The van der Waals surface area contributed by atoms with Crippen LogP contribution < -0.4 is 9.47 Å². The molecule has 1 atom stereocenters. The highest BCUT2D eigenvalue weighted by molar-refractivity contribution is 6.46. The lowest BCUT2D eigenvalue weighted by Crippen LogP contribution is -2.29. The molecule has 2 aromatic carbocycles. The minimum Gasteiger partial charge on any atom is -0.507 e. The van der Waals surface area contributed by atoms with Gasteiger partial charge in [-0.25, -0.2) is 4.39 Å². The van der Waals surface area contributed by atoms with Crippen LogP contribution in [0.3, 0.4) is 0 Å². The number of carbonyl (C=O) groups excluding carboxylic acids is 2. The number of ketones is 1. The van der Waals surface area contributed by atoms with Crippen LogP contribution >= 0.6 is 0 Å². The first kappa shape index (κ1) is 24.9. The van der Waals surface area contributed by atoms with Gasteiger partial charge in [0.1, 0.15) is 11.5 Å². The van der Waals surface area contributed by atoms with E-state index in [2.05, 4.69) is 11.9 Å². The van der Waals surface area contributed by atoms with Crippen molar-refractivity contribution in [3.63, 3.8) is 0 Å². The topological polar surface area (TPSA) is 89.0 Å². The van der Waals surface area contributed by atoms with Crippen molar-refractivity contribution in [3.05, 3.63) is 95.1 Å². The molecule has 2 heterocycles. The summed E-state index contributed by atoms with van der Waals surface area (Å²) >= 11 is 0. The number of methoxy groups -OCH3 is 1. The zero-order chi connectivity index (χ0) is 25.7. The number of likely N-dealkylation sites (tertiary alicyclic amines) is 1. The summed E-state index contributed by atoms with van der Waals surface area (Å²) < 4.78 is 25.1. The van der Waals surface area contributed by atoms with Gasteiger partial charge in [-0.05, 0) is 53.9 Å². The molecule has 0 saturated carbocycles. The molecule has 1 unspecified atom stereocenters. The second kappa shape index (κ2) is 11.0. The number of rotatable bonds is 9. The molecule has 4 rings (SSSR count). The molecule has 1 aliphatic heterocycles. The van der Waals surface area contributed by atoms with E-state index in [0.717, 1.165) is 24.5 Å². The molecule has 8 heteroatoms. The van der Waals surface area contributed by atoms with Gasteiger partial charge in [-0.3, -0.25) is 14.6 Å². The van der Waals surface area contributed by atoms with Crippen LogP contribution in [0.4, 0.5) is 4.39 Å². The zero-order valence-electron chi connectivity index (χ0n) is 20.1. The van der Waals surface area contributed by atoms with E-state index in [9.17, 15) is 19.1 Å². The normalized spacial score (nSPS) is 16.9. The Morgan fingerprint density at radius 3 is 2.56 bits per heavy atom. The van der Waals surface area contributed by atoms with Crippen molar-refractivity contribution < 1.29 is 28.6 Å². The number of pyridine rings is 1. The summed E-state index contributed by atoms with van der Waals surface area (Å²) in [6, 6.07) is 13.6. The monoisotopic (exact) mass is 490 g/mol. The lowest BCUT2D eigenvalue weighted by molar-refractivity contribution is -0.140. The molecule has 36 heavy (non-hydrogen) atoms. The first-order valence-electron chi connectivity index (χ1n) is 11.7. The van der Waals surface area contributed by atoms with Crippen molar-refractivity contribution in [2.24, 2.45) is 0 Å². The number of hydrogen-bond acceptors (Lipinski definition) is 6. The number of hydrogen-bond donors (Lipinski definition) is 1. The van der Waals surface area contributed by atoms with E-state index in [0.29, 0.717) is 17.9 Å². The summed E-state index contributed by atoms with van der Waals surface area (Å²) in [4.78, 5) is 31.8. The van der Waals surface area contributed by atoms with Gasteiger partial charge in [0.05, 0.1) is 25.3 Å². The molecule has 1 aliphatic rings. The Morgan fingerprint density at radius 2 is 1.92 bits per heavy atom. The minimum atomic E-state index is -0.889. The Labute approximate surface area is 208 Å². The number of Topliss-reactive ketones (excluding diaryl/α,β-unsaturated/α-hetero) is 1. The predicted octanol–water partition coefficient (Wildman–Crippen LogP) is 5.03. The van der Waals surface area contributed by atoms with Gasteiger partial charge in [0.15, 0.2) is 11.6 Å². The number of ether oxygens (including phenoxy) is 2. The Hall–Kier alpha value is -4.20. The summed E-state index contributed by atoms with van der Waals surface area (Å²) in [5, 5.41) is 11.1. The van der Waals surface area contributed by atoms with Crippen molar-refractivity contribution in [2.45, 2.75) is 32.4 Å². The Kier molecular flexibility index (Phi) is 7.63. The molecule has 1 N–H and O–H groups in total. The number of unbranched alkanes of at least 4 members (excludes halogenated alkanes) is 1. The van der Waals surface area contributed by atoms with E-state index in [1.54, 1.807) is 48.8 Å². The van der Waals surface area contributed by atoms with Gasteiger partial charge in [-0.1, -0.05) is 31.5 Å². The summed E-state index contributed by atoms with van der Waals surface area (Å²) in [5.74, 6) is -2.11. The first-order chi connectivity index (χ1) is 17.4. The maximum absolute atomic E-state index is 14.4. The third-order valence-electron chi connectivity index (χ3n) is 6.00. The van der Waals surface area contributed by atoms with Crippen LogP contribution in [-0.4, -0.2) is 40.4 Å². The van der Waals surface area contributed by atoms with Crippen LogP contribution in [0.15, 0.2) is 72.6 Å². The van der Waals surface area contributed by atoms with Gasteiger partial charge in [-0.15, -0.1) is 0 Å². The van der Waals surface area contributed by atoms with Crippen molar-refractivity contribution in [2.75, 3.05) is 13.7 Å². The molecule has 186 valence electrons. The molecule has 1 amide bonds. The van der Waals surface area contributed by atoms with Crippen LogP contribution in [0.2, 0.25) is 0 Å². The molecule has 0 aliphatic carbocycles. The van der Waals surface area contributed by atoms with Crippen LogP contribution in [0.1, 0.15) is 42.5 Å². The second-order valence-corrected chi connectivity index (χ2v) is 8.41. The number of aliphatic hydroxyl groups is 1. The van der Waals surface area contributed by atoms with Gasteiger partial charge >= 0.3 is 0 Å². The number of aromatic nitrogens is 1. The molecule has 1 fully saturated rings. The van der Waals surface area contributed by atoms with Crippen LogP contribution in [0.25, 0.3) is 5.76 Å². The Bertz CT molecular complexity index is 1270. The van der Waals surface area contributed by atoms with Crippen LogP contribution in [0, 0.1) is 5.82 Å². The molecule has 7 nitrogen and oxygen atoms in total. The van der Waals surface area contributed by atoms with Crippen molar-refractivity contribution >= 4 is 17.4 Å². The number of carbonyl (C=O) groups is 2. The molecule has 0 spiro atoms. The smallest absolute Gasteiger partial charge is 0.295 e. The van der Waals surface area contributed by atoms with E-state index >= 15 is 0 Å². The number of benzene rings is 2. The SMILES string of the molecule is CCCCOc1ccc(C2/C(=C(/O)c3ccc(OC)c(F)c3)C(=O)C(=O)N2Cc2cccnc2)cc1. The highest BCUT2D eigenvalue weighted by Crippen LogP contribution is 2.41. The molecular weight excluding hydrogens is 463 g/mol. The lowest BCUT2D eigenvalue weighted by atomic mass is 9.95. The van der Waals surface area contributed by atoms with Crippen molar-refractivity contribution in [3.8, 4) is 11.5 Å². The quantitative estimate of drug-likeness (QED) is 0.196. The van der Waals surface area contributed by atoms with Gasteiger partial charge in [0, 0.05) is 24.5 Å². The lowest BCUT2D eigenvalue weighted by Gasteiger charge is -2.25. The number of halogens is 1. The van der Waals surface area contributed by atoms with Gasteiger partial charge in [-0.2, -0.15) is 0 Å². The third kappa shape index (κ3) is 5.07. The third-order valence-corrected chi connectivity index (χ3v) is 6.00. The van der Waals surface area contributed by atoms with E-state index in [1.807, 2.05) is 0 Å². The van der Waals surface area contributed by atoms with Gasteiger partial charge < -0.3 is 19.5 Å². The van der Waals surface area contributed by atoms with Crippen LogP contribution in [-0.2, 0) is 16.1 Å². The van der Waals surface area contributed by atoms with Gasteiger partial charge in [0.2, 0.25) is 0 Å². The first-order valence-corrected chi connectivity index (χ1v) is 11.7.